The lowest BCUT2D eigenvalue weighted by atomic mass is 9.89. The highest BCUT2D eigenvalue weighted by molar-refractivity contribution is 7.09. The van der Waals surface area contributed by atoms with Gasteiger partial charge in [-0.1, -0.05) is 0 Å². The maximum atomic E-state index is 13.1. The second-order valence-electron chi connectivity index (χ2n) is 8.37. The number of thiazole rings is 1. The predicted molar refractivity (Wildman–Crippen MR) is 127 cm³/mol. The van der Waals surface area contributed by atoms with Gasteiger partial charge >= 0.3 is 5.91 Å². The van der Waals surface area contributed by atoms with E-state index in [1.54, 1.807) is 29.4 Å². The molecule has 2 amide bonds. The first-order valence-electron chi connectivity index (χ1n) is 11.2. The lowest BCUT2D eigenvalue weighted by Gasteiger charge is -2.37. The van der Waals surface area contributed by atoms with Gasteiger partial charge in [0.25, 0.3) is 5.89 Å². The van der Waals surface area contributed by atoms with Gasteiger partial charge < -0.3 is 14.6 Å². The smallest absolute Gasteiger partial charge is 0.310 e. The van der Waals surface area contributed by atoms with Crippen molar-refractivity contribution in [1.82, 2.24) is 30.2 Å². The van der Waals surface area contributed by atoms with Crippen LogP contribution in [0.5, 0.6) is 0 Å². The number of pyridine rings is 2. The van der Waals surface area contributed by atoms with Gasteiger partial charge in [0.15, 0.2) is 0 Å². The maximum absolute atomic E-state index is 13.1. The average Bonchev–Trinajstić information content (AvgIpc) is 3.50. The first-order chi connectivity index (χ1) is 16.5. The van der Waals surface area contributed by atoms with Crippen molar-refractivity contribution in [2.75, 3.05) is 6.54 Å². The van der Waals surface area contributed by atoms with Crippen LogP contribution in [0.1, 0.15) is 41.2 Å². The van der Waals surface area contributed by atoms with Crippen LogP contribution >= 0.6 is 11.3 Å². The summed E-state index contributed by atoms with van der Waals surface area (Å²) in [6, 6.07) is 7.14. The molecule has 0 aliphatic carbocycles. The molecule has 1 fully saturated rings. The van der Waals surface area contributed by atoms with Crippen molar-refractivity contribution in [3.63, 3.8) is 0 Å². The number of hydrogen-bond donors (Lipinski definition) is 1. The van der Waals surface area contributed by atoms with Gasteiger partial charge in [-0.25, -0.2) is 15.0 Å². The average molecular weight is 477 g/mol. The van der Waals surface area contributed by atoms with E-state index in [4.69, 9.17) is 4.42 Å². The summed E-state index contributed by atoms with van der Waals surface area (Å²) < 4.78 is 5.55. The Balaban J connectivity index is 1.22. The third kappa shape index (κ3) is 4.41. The van der Waals surface area contributed by atoms with E-state index in [1.807, 2.05) is 31.4 Å². The molecular weight excluding hydrogens is 452 g/mol. The number of fused-ring (bicyclic) bond motifs is 1. The van der Waals surface area contributed by atoms with Gasteiger partial charge in [-0.05, 0) is 51.0 Å². The monoisotopic (exact) mass is 476 g/mol. The Bertz CT molecular complexity index is 1300. The van der Waals surface area contributed by atoms with Crippen molar-refractivity contribution in [2.24, 2.45) is 5.92 Å². The molecule has 0 bridgehead atoms. The van der Waals surface area contributed by atoms with Gasteiger partial charge in [0.05, 0.1) is 18.2 Å². The first kappa shape index (κ1) is 22.1. The number of carbonyl (C=O) groups excluding carboxylic acids is 2. The van der Waals surface area contributed by atoms with Crippen LogP contribution < -0.4 is 5.32 Å². The van der Waals surface area contributed by atoms with E-state index in [0.717, 1.165) is 28.4 Å². The molecule has 1 aliphatic heterocycles. The molecule has 34 heavy (non-hydrogen) atoms. The highest BCUT2D eigenvalue weighted by Crippen LogP contribution is 2.27. The van der Waals surface area contributed by atoms with Crippen molar-refractivity contribution >= 4 is 34.4 Å². The molecule has 4 aromatic rings. The molecule has 0 saturated carbocycles. The van der Waals surface area contributed by atoms with E-state index in [9.17, 15) is 9.59 Å². The van der Waals surface area contributed by atoms with Crippen LogP contribution in [-0.4, -0.2) is 49.2 Å². The Morgan fingerprint density at radius 3 is 2.91 bits per heavy atom. The summed E-state index contributed by atoms with van der Waals surface area (Å²) in [6.07, 6.45) is 4.84. The topological polar surface area (TPSA) is 114 Å². The molecule has 4 aromatic heterocycles. The molecule has 174 valence electrons. The molecule has 0 radical (unpaired) electrons. The van der Waals surface area contributed by atoms with Crippen LogP contribution in [0.15, 0.2) is 46.5 Å². The van der Waals surface area contributed by atoms with Crippen LogP contribution in [0, 0.1) is 12.8 Å². The minimum absolute atomic E-state index is 0.00233. The second-order valence-corrected chi connectivity index (χ2v) is 9.31. The molecule has 1 N–H and O–H groups in total. The largest absolute Gasteiger partial charge is 0.413 e. The minimum atomic E-state index is -0.320. The Kier molecular flexibility index (Phi) is 6.06. The lowest BCUT2D eigenvalue weighted by molar-refractivity contribution is -0.128. The standard InChI is InChI=1S/C24H24N6O3S/c1-14-7-8-16(11-26-14)19-13-34-20(28-19)12-27-21(31)17-5-4-10-30(15(17)2)24(32)23-29-18-6-3-9-25-22(18)33-23/h3,6-9,11,13,15,17H,4-5,10,12H2,1-2H3,(H,27,31). The van der Waals surface area contributed by atoms with E-state index in [-0.39, 0.29) is 29.7 Å². The van der Waals surface area contributed by atoms with Crippen molar-refractivity contribution in [2.45, 2.75) is 39.3 Å². The number of likely N-dealkylation sites (tertiary alicyclic amines) is 1. The molecule has 9 nitrogen and oxygen atoms in total. The molecule has 2 unspecified atom stereocenters. The quantitative estimate of drug-likeness (QED) is 0.468. The molecule has 0 spiro atoms. The number of piperidine rings is 1. The summed E-state index contributed by atoms with van der Waals surface area (Å²) >= 11 is 1.50. The van der Waals surface area contributed by atoms with Crippen LogP contribution in [0.2, 0.25) is 0 Å². The van der Waals surface area contributed by atoms with Gasteiger partial charge in [0.1, 0.15) is 10.5 Å². The lowest BCUT2D eigenvalue weighted by Crippen LogP contribution is -2.51. The number of carbonyl (C=O) groups is 2. The zero-order valence-corrected chi connectivity index (χ0v) is 19.7. The highest BCUT2D eigenvalue weighted by atomic mass is 32.1. The maximum Gasteiger partial charge on any atom is 0.310 e. The Morgan fingerprint density at radius 1 is 1.24 bits per heavy atom. The van der Waals surface area contributed by atoms with Gasteiger partial charge in [-0.2, -0.15) is 0 Å². The summed E-state index contributed by atoms with van der Waals surface area (Å²) in [7, 11) is 0. The van der Waals surface area contributed by atoms with Gasteiger partial charge in [-0.3, -0.25) is 14.6 Å². The third-order valence-electron chi connectivity index (χ3n) is 6.11. The zero-order chi connectivity index (χ0) is 23.7. The fourth-order valence-corrected chi connectivity index (χ4v) is 4.95. The Hall–Kier alpha value is -3.66. The molecule has 5 rings (SSSR count). The van der Waals surface area contributed by atoms with Gasteiger partial charge in [0, 0.05) is 41.6 Å². The number of nitrogens with zero attached hydrogens (tertiary/aromatic N) is 5. The number of amides is 2. The van der Waals surface area contributed by atoms with Crippen LogP contribution in [0.3, 0.4) is 0 Å². The second kappa shape index (κ2) is 9.30. The minimum Gasteiger partial charge on any atom is -0.413 e. The summed E-state index contributed by atoms with van der Waals surface area (Å²) in [5, 5.41) is 5.78. The molecule has 5 heterocycles. The Labute approximate surface area is 200 Å². The van der Waals surface area contributed by atoms with Crippen molar-refractivity contribution < 1.29 is 14.0 Å². The van der Waals surface area contributed by atoms with Crippen LogP contribution in [0.25, 0.3) is 22.5 Å². The van der Waals surface area contributed by atoms with E-state index >= 15 is 0 Å². The number of oxazole rings is 1. The number of aryl methyl sites for hydroxylation is 1. The van der Waals surface area contributed by atoms with Gasteiger partial charge in [-0.15, -0.1) is 11.3 Å². The predicted octanol–water partition coefficient (Wildman–Crippen LogP) is 3.61. The highest BCUT2D eigenvalue weighted by Gasteiger charge is 2.37. The van der Waals surface area contributed by atoms with E-state index in [2.05, 4.69) is 25.3 Å². The molecule has 1 aliphatic rings. The number of rotatable bonds is 5. The molecule has 2 atom stereocenters. The SMILES string of the molecule is Cc1ccc(-c2csc(CNC(=O)C3CCCN(C(=O)c4nc5cccnc5o4)C3C)n2)cn1. The third-order valence-corrected chi connectivity index (χ3v) is 6.96. The van der Waals surface area contributed by atoms with Crippen LogP contribution in [0.4, 0.5) is 0 Å². The van der Waals surface area contributed by atoms with Crippen molar-refractivity contribution in [1.29, 1.82) is 0 Å². The molecule has 0 aromatic carbocycles. The van der Waals surface area contributed by atoms with Gasteiger partial charge in [0.2, 0.25) is 11.6 Å². The zero-order valence-electron chi connectivity index (χ0n) is 18.9. The number of nitrogens with one attached hydrogen (secondary N) is 1. The number of hydrogen-bond acceptors (Lipinski definition) is 8. The molecule has 10 heteroatoms. The fourth-order valence-electron chi connectivity index (χ4n) is 4.20. The van der Waals surface area contributed by atoms with Crippen LogP contribution in [-0.2, 0) is 11.3 Å². The van der Waals surface area contributed by atoms with E-state index in [1.165, 1.54) is 11.3 Å². The molecule has 1 saturated heterocycles. The van der Waals surface area contributed by atoms with Crippen molar-refractivity contribution in [3.8, 4) is 11.3 Å². The summed E-state index contributed by atoms with van der Waals surface area (Å²) in [6.45, 7) is 4.73. The fraction of sp³-hybridized carbons (Fsp3) is 0.333. The Morgan fingerprint density at radius 2 is 2.12 bits per heavy atom. The van der Waals surface area contributed by atoms with E-state index < -0.39 is 0 Å². The molecular formula is C24H24N6O3S. The van der Waals surface area contributed by atoms with E-state index in [0.29, 0.717) is 30.7 Å². The number of aromatic nitrogens is 4. The summed E-state index contributed by atoms with van der Waals surface area (Å²) in [4.78, 5) is 45.1. The normalized spacial score (nSPS) is 18.2. The summed E-state index contributed by atoms with van der Waals surface area (Å²) in [5.41, 5.74) is 3.61. The summed E-state index contributed by atoms with van der Waals surface area (Å²) in [5.74, 6) is -0.722. The first-order valence-corrected chi connectivity index (χ1v) is 12.1. The van der Waals surface area contributed by atoms with Crippen molar-refractivity contribution in [3.05, 3.63) is 58.6 Å².